The van der Waals surface area contributed by atoms with E-state index < -0.39 is 0 Å². The van der Waals surface area contributed by atoms with Crippen LogP contribution in [0.1, 0.15) is 9.88 Å². The highest BCUT2D eigenvalue weighted by Crippen LogP contribution is 2.18. The Bertz CT molecular complexity index is 237. The normalized spacial score (nSPS) is 9.00. The summed E-state index contributed by atoms with van der Waals surface area (Å²) < 4.78 is 0. The zero-order valence-electron chi connectivity index (χ0n) is 4.88. The van der Waals surface area contributed by atoms with Gasteiger partial charge in [0, 0.05) is 4.88 Å². The van der Waals surface area contributed by atoms with Crippen molar-refractivity contribution < 1.29 is 0 Å². The van der Waals surface area contributed by atoms with E-state index in [1.807, 2.05) is 6.92 Å². The second kappa shape index (κ2) is 2.42. The Labute approximate surface area is 63.5 Å². The molecule has 1 nitrogen and oxygen atoms in total. The van der Waals surface area contributed by atoms with Crippen LogP contribution < -0.4 is 0 Å². The molecule has 1 aromatic rings. The summed E-state index contributed by atoms with van der Waals surface area (Å²) in [6.45, 7) is 1.95. The molecular formula is C6H5NS2. The molecular weight excluding hydrogens is 150 g/mol. The first-order valence-corrected chi connectivity index (χ1v) is 3.63. The first-order valence-electron chi connectivity index (χ1n) is 2.37. The Morgan fingerprint density at radius 2 is 2.44 bits per heavy atom. The fourth-order valence-corrected chi connectivity index (χ4v) is 1.38. The van der Waals surface area contributed by atoms with Gasteiger partial charge in [0.2, 0.25) is 0 Å². The molecule has 3 heteroatoms. The van der Waals surface area contributed by atoms with Gasteiger partial charge in [0.05, 0.1) is 0 Å². The van der Waals surface area contributed by atoms with E-state index in [2.05, 4.69) is 23.5 Å². The van der Waals surface area contributed by atoms with E-state index in [0.717, 1.165) is 9.90 Å². The molecule has 0 aliphatic rings. The monoisotopic (exact) mass is 155 g/mol. The molecule has 0 spiro atoms. The van der Waals surface area contributed by atoms with E-state index in [4.69, 9.17) is 6.42 Å². The summed E-state index contributed by atoms with van der Waals surface area (Å²) in [7, 11) is 0. The van der Waals surface area contributed by atoms with Gasteiger partial charge in [-0.1, -0.05) is 0 Å². The van der Waals surface area contributed by atoms with Crippen LogP contribution in [-0.2, 0) is 0 Å². The number of terminal acetylenes is 1. The van der Waals surface area contributed by atoms with Crippen LogP contribution in [0, 0.1) is 19.3 Å². The van der Waals surface area contributed by atoms with Gasteiger partial charge < -0.3 is 0 Å². The van der Waals surface area contributed by atoms with Crippen molar-refractivity contribution in [3.63, 3.8) is 0 Å². The molecule has 0 fully saturated rings. The molecule has 0 aliphatic carbocycles. The Balaban J connectivity index is 3.16. The average Bonchev–Trinajstić information content (AvgIpc) is 2.13. The largest absolute Gasteiger partial charge is 0.221 e. The molecule has 46 valence electrons. The summed E-state index contributed by atoms with van der Waals surface area (Å²) in [4.78, 5) is 5.05. The number of aryl methyl sites for hydroxylation is 1. The van der Waals surface area contributed by atoms with Gasteiger partial charge in [-0.05, 0) is 12.8 Å². The molecule has 1 aromatic heterocycles. The van der Waals surface area contributed by atoms with E-state index in [1.54, 1.807) is 0 Å². The minimum Gasteiger partial charge on any atom is -0.221 e. The maximum Gasteiger partial charge on any atom is 0.168 e. The lowest BCUT2D eigenvalue weighted by atomic mass is 10.6. The van der Waals surface area contributed by atoms with Gasteiger partial charge >= 0.3 is 0 Å². The van der Waals surface area contributed by atoms with Crippen molar-refractivity contribution in [2.75, 3.05) is 0 Å². The van der Waals surface area contributed by atoms with E-state index in [1.165, 1.54) is 11.3 Å². The van der Waals surface area contributed by atoms with Gasteiger partial charge in [-0.15, -0.1) is 30.4 Å². The quantitative estimate of drug-likeness (QED) is 0.444. The Morgan fingerprint density at radius 1 is 1.78 bits per heavy atom. The number of hydrogen-bond donors (Lipinski definition) is 1. The highest BCUT2D eigenvalue weighted by Gasteiger charge is 1.99. The van der Waals surface area contributed by atoms with Crippen molar-refractivity contribution in [3.05, 3.63) is 9.88 Å². The van der Waals surface area contributed by atoms with E-state index in [-0.39, 0.29) is 0 Å². The third-order valence-electron chi connectivity index (χ3n) is 0.896. The molecule has 0 radical (unpaired) electrons. The second-order valence-electron chi connectivity index (χ2n) is 1.54. The standard InChI is InChI=1S/C6H5NS2/c1-3-5-7-6(8)4(2)9-5/h1,8H,2H3. The zero-order chi connectivity index (χ0) is 6.85. The van der Waals surface area contributed by atoms with Gasteiger partial charge in [0.25, 0.3) is 0 Å². The number of rotatable bonds is 0. The molecule has 0 atom stereocenters. The fourth-order valence-electron chi connectivity index (χ4n) is 0.450. The number of hydrogen-bond acceptors (Lipinski definition) is 3. The third-order valence-corrected chi connectivity index (χ3v) is 2.38. The van der Waals surface area contributed by atoms with Crippen LogP contribution in [-0.4, -0.2) is 4.98 Å². The molecule has 0 amide bonds. The number of aromatic nitrogens is 1. The van der Waals surface area contributed by atoms with Crippen molar-refractivity contribution in [2.24, 2.45) is 0 Å². The highest BCUT2D eigenvalue weighted by molar-refractivity contribution is 7.80. The lowest BCUT2D eigenvalue weighted by molar-refractivity contribution is 1.16. The van der Waals surface area contributed by atoms with Crippen molar-refractivity contribution in [1.82, 2.24) is 4.98 Å². The molecule has 1 rings (SSSR count). The topological polar surface area (TPSA) is 12.9 Å². The van der Waals surface area contributed by atoms with Crippen LogP contribution in [0.25, 0.3) is 0 Å². The predicted molar refractivity (Wildman–Crippen MR) is 42.0 cm³/mol. The van der Waals surface area contributed by atoms with Crippen molar-refractivity contribution in [3.8, 4) is 12.3 Å². The molecule has 0 saturated carbocycles. The molecule has 0 aliphatic heterocycles. The van der Waals surface area contributed by atoms with Gasteiger partial charge in [0.15, 0.2) is 5.01 Å². The predicted octanol–water partition coefficient (Wildman–Crippen LogP) is 1.72. The van der Waals surface area contributed by atoms with Crippen LogP contribution in [0.5, 0.6) is 0 Å². The zero-order valence-corrected chi connectivity index (χ0v) is 6.59. The number of nitrogens with zero attached hydrogens (tertiary/aromatic N) is 1. The SMILES string of the molecule is C#Cc1nc(S)c(C)s1. The molecule has 0 aromatic carbocycles. The maximum absolute atomic E-state index is 5.10. The minimum atomic E-state index is 0.706. The lowest BCUT2D eigenvalue weighted by Gasteiger charge is -1.76. The van der Waals surface area contributed by atoms with E-state index in [0.29, 0.717) is 5.01 Å². The molecule has 9 heavy (non-hydrogen) atoms. The van der Waals surface area contributed by atoms with Crippen LogP contribution in [0.4, 0.5) is 0 Å². The number of thiazole rings is 1. The highest BCUT2D eigenvalue weighted by atomic mass is 32.1. The van der Waals surface area contributed by atoms with Gasteiger partial charge in [-0.25, -0.2) is 4.98 Å². The second-order valence-corrected chi connectivity index (χ2v) is 3.17. The van der Waals surface area contributed by atoms with Crippen molar-refractivity contribution in [2.45, 2.75) is 11.9 Å². The molecule has 0 bridgehead atoms. The van der Waals surface area contributed by atoms with Crippen LogP contribution in [0.15, 0.2) is 5.03 Å². The third kappa shape index (κ3) is 1.26. The van der Waals surface area contributed by atoms with Crippen molar-refractivity contribution >= 4 is 24.0 Å². The first-order chi connectivity index (χ1) is 4.24. The van der Waals surface area contributed by atoms with Crippen LogP contribution in [0.3, 0.4) is 0 Å². The summed E-state index contributed by atoms with van der Waals surface area (Å²) in [5.41, 5.74) is 0. The summed E-state index contributed by atoms with van der Waals surface area (Å²) >= 11 is 5.57. The summed E-state index contributed by atoms with van der Waals surface area (Å²) in [6, 6.07) is 0. The number of thiol groups is 1. The van der Waals surface area contributed by atoms with E-state index >= 15 is 0 Å². The van der Waals surface area contributed by atoms with Gasteiger partial charge in [-0.3, -0.25) is 0 Å². The molecule has 0 unspecified atom stereocenters. The molecule has 1 heterocycles. The van der Waals surface area contributed by atoms with Gasteiger partial charge in [-0.2, -0.15) is 0 Å². The molecule has 0 saturated heterocycles. The minimum absolute atomic E-state index is 0.706. The Morgan fingerprint density at radius 3 is 2.67 bits per heavy atom. The first kappa shape index (κ1) is 6.66. The maximum atomic E-state index is 5.10. The Hall–Kier alpha value is -0.460. The average molecular weight is 155 g/mol. The summed E-state index contributed by atoms with van der Waals surface area (Å²) in [5, 5.41) is 1.45. The van der Waals surface area contributed by atoms with Gasteiger partial charge in [0.1, 0.15) is 5.03 Å². The van der Waals surface area contributed by atoms with Crippen LogP contribution in [0.2, 0.25) is 0 Å². The smallest absolute Gasteiger partial charge is 0.168 e. The fraction of sp³-hybridized carbons (Fsp3) is 0.167. The summed E-state index contributed by atoms with van der Waals surface area (Å²) in [6.07, 6.45) is 5.10. The Kier molecular flexibility index (Phi) is 1.79. The molecule has 0 N–H and O–H groups in total. The van der Waals surface area contributed by atoms with Crippen molar-refractivity contribution in [1.29, 1.82) is 0 Å². The van der Waals surface area contributed by atoms with Crippen LogP contribution >= 0.6 is 24.0 Å². The summed E-state index contributed by atoms with van der Waals surface area (Å²) in [5.74, 6) is 2.45. The lowest BCUT2D eigenvalue weighted by Crippen LogP contribution is -1.67. The van der Waals surface area contributed by atoms with E-state index in [9.17, 15) is 0 Å².